The molecule has 1 N–H and O–H groups in total. The molecule has 0 heterocycles. The van der Waals surface area contributed by atoms with Gasteiger partial charge in [-0.2, -0.15) is 4.31 Å². The molecule has 3 rings (SSSR count). The Bertz CT molecular complexity index is 1090. The second-order valence-electron chi connectivity index (χ2n) is 6.18. The van der Waals surface area contributed by atoms with Crippen LogP contribution in [0.3, 0.4) is 0 Å². The topological polar surface area (TPSA) is 75.7 Å². The first kappa shape index (κ1) is 20.9. The van der Waals surface area contributed by atoms with Crippen LogP contribution >= 0.6 is 11.6 Å². The number of anilines is 1. The molecule has 150 valence electrons. The Hall–Kier alpha value is -2.87. The van der Waals surface area contributed by atoms with E-state index in [9.17, 15) is 13.2 Å². The van der Waals surface area contributed by atoms with Gasteiger partial charge in [-0.25, -0.2) is 8.42 Å². The Morgan fingerprint density at radius 1 is 1.00 bits per heavy atom. The lowest BCUT2D eigenvalue weighted by atomic mass is 10.2. The molecule has 0 saturated heterocycles. The molecule has 0 atom stereocenters. The minimum Gasteiger partial charge on any atom is -0.455 e. The Kier molecular flexibility index (Phi) is 6.53. The fourth-order valence-corrected chi connectivity index (χ4v) is 3.87. The molecule has 0 spiro atoms. The third-order valence-electron chi connectivity index (χ3n) is 4.00. The van der Waals surface area contributed by atoms with E-state index in [1.165, 1.54) is 19.2 Å². The summed E-state index contributed by atoms with van der Waals surface area (Å²) in [7, 11) is -2.43. The van der Waals surface area contributed by atoms with Crippen molar-refractivity contribution in [2.24, 2.45) is 0 Å². The zero-order chi connectivity index (χ0) is 20.9. The first-order chi connectivity index (χ1) is 13.9. The third-order valence-corrected chi connectivity index (χ3v) is 6.06. The summed E-state index contributed by atoms with van der Waals surface area (Å²) in [5.41, 5.74) is 0.344. The number of hydrogen-bond donors (Lipinski definition) is 1. The van der Waals surface area contributed by atoms with E-state index in [1.807, 2.05) is 18.2 Å². The minimum absolute atomic E-state index is 0.117. The number of sulfonamides is 1. The minimum atomic E-state index is -3.78. The molecule has 0 bridgehead atoms. The van der Waals surface area contributed by atoms with Gasteiger partial charge in [0.05, 0.1) is 17.1 Å². The smallest absolute Gasteiger partial charge is 0.243 e. The number of para-hydroxylation sites is 1. The number of carbonyl (C=O) groups excluding carboxylic acids is 1. The van der Waals surface area contributed by atoms with Crippen LogP contribution in [-0.2, 0) is 14.8 Å². The molecule has 1 amide bonds. The van der Waals surface area contributed by atoms with Crippen molar-refractivity contribution in [3.8, 4) is 11.5 Å². The number of nitrogens with one attached hydrogen (secondary N) is 1. The highest BCUT2D eigenvalue weighted by atomic mass is 35.5. The van der Waals surface area contributed by atoms with Gasteiger partial charge in [0.1, 0.15) is 5.75 Å². The van der Waals surface area contributed by atoms with Gasteiger partial charge in [-0.3, -0.25) is 4.79 Å². The Morgan fingerprint density at radius 3 is 2.28 bits per heavy atom. The van der Waals surface area contributed by atoms with E-state index in [1.54, 1.807) is 48.5 Å². The van der Waals surface area contributed by atoms with E-state index in [0.29, 0.717) is 22.2 Å². The van der Waals surface area contributed by atoms with Crippen molar-refractivity contribution in [3.05, 3.63) is 83.9 Å². The summed E-state index contributed by atoms with van der Waals surface area (Å²) in [5, 5.41) is 3.08. The number of benzene rings is 3. The molecule has 29 heavy (non-hydrogen) atoms. The highest BCUT2D eigenvalue weighted by Crippen LogP contribution is 2.32. The Labute approximate surface area is 174 Å². The molecule has 0 saturated carbocycles. The number of nitrogens with zero attached hydrogens (tertiary/aromatic N) is 1. The number of amides is 1. The van der Waals surface area contributed by atoms with Gasteiger partial charge in [0, 0.05) is 12.1 Å². The first-order valence-electron chi connectivity index (χ1n) is 8.70. The van der Waals surface area contributed by atoms with Gasteiger partial charge < -0.3 is 10.1 Å². The summed E-state index contributed by atoms with van der Waals surface area (Å²) in [6, 6.07) is 21.8. The van der Waals surface area contributed by atoms with Crippen molar-refractivity contribution >= 4 is 33.2 Å². The van der Waals surface area contributed by atoms with Gasteiger partial charge >= 0.3 is 0 Å². The molecular weight excluding hydrogens is 412 g/mol. The molecule has 0 aromatic heterocycles. The summed E-state index contributed by atoms with van der Waals surface area (Å²) in [4.78, 5) is 12.6. The SMILES string of the molecule is CN(CC(=O)Nc1cc(Cl)ccc1Oc1ccccc1)S(=O)(=O)c1ccccc1. The third kappa shape index (κ3) is 5.35. The second kappa shape index (κ2) is 9.09. The summed E-state index contributed by atoms with van der Waals surface area (Å²) in [5.74, 6) is 0.462. The molecule has 0 fully saturated rings. The van der Waals surface area contributed by atoms with Crippen LogP contribution in [0.5, 0.6) is 11.5 Å². The van der Waals surface area contributed by atoms with E-state index in [2.05, 4.69) is 5.32 Å². The van der Waals surface area contributed by atoms with Crippen molar-refractivity contribution in [1.82, 2.24) is 4.31 Å². The largest absolute Gasteiger partial charge is 0.455 e. The summed E-state index contributed by atoms with van der Waals surface area (Å²) < 4.78 is 32.0. The Morgan fingerprint density at radius 2 is 1.62 bits per heavy atom. The standard InChI is InChI=1S/C21H19ClN2O4S/c1-24(29(26,27)18-10-6-3-7-11-18)15-21(25)23-19-14-16(22)12-13-20(19)28-17-8-4-2-5-9-17/h2-14H,15H2,1H3,(H,23,25). The zero-order valence-corrected chi connectivity index (χ0v) is 17.2. The molecule has 8 heteroatoms. The molecule has 0 aliphatic rings. The quantitative estimate of drug-likeness (QED) is 0.603. The maximum absolute atomic E-state index is 12.6. The molecule has 0 aliphatic carbocycles. The predicted molar refractivity (Wildman–Crippen MR) is 113 cm³/mol. The van der Waals surface area contributed by atoms with Crippen LogP contribution in [0.4, 0.5) is 5.69 Å². The fraction of sp³-hybridized carbons (Fsp3) is 0.0952. The van der Waals surface area contributed by atoms with E-state index in [-0.39, 0.29) is 11.4 Å². The van der Waals surface area contributed by atoms with Crippen molar-refractivity contribution < 1.29 is 17.9 Å². The average molecular weight is 431 g/mol. The van der Waals surface area contributed by atoms with E-state index >= 15 is 0 Å². The highest BCUT2D eigenvalue weighted by Gasteiger charge is 2.23. The number of likely N-dealkylation sites (N-methyl/N-ethyl adjacent to an activating group) is 1. The fourth-order valence-electron chi connectivity index (χ4n) is 2.55. The molecule has 0 aliphatic heterocycles. The maximum Gasteiger partial charge on any atom is 0.243 e. The lowest BCUT2D eigenvalue weighted by Gasteiger charge is -2.18. The molecule has 3 aromatic carbocycles. The lowest BCUT2D eigenvalue weighted by Crippen LogP contribution is -2.35. The van der Waals surface area contributed by atoms with Crippen molar-refractivity contribution in [2.75, 3.05) is 18.9 Å². The van der Waals surface area contributed by atoms with Gasteiger partial charge in [0.15, 0.2) is 5.75 Å². The van der Waals surface area contributed by atoms with Gasteiger partial charge in [0.2, 0.25) is 15.9 Å². The highest BCUT2D eigenvalue weighted by molar-refractivity contribution is 7.89. The van der Waals surface area contributed by atoms with Gasteiger partial charge in [-0.05, 0) is 42.5 Å². The monoisotopic (exact) mass is 430 g/mol. The molecule has 0 radical (unpaired) electrons. The number of hydrogen-bond acceptors (Lipinski definition) is 4. The van der Waals surface area contributed by atoms with Crippen LogP contribution in [0.15, 0.2) is 83.8 Å². The van der Waals surface area contributed by atoms with E-state index in [0.717, 1.165) is 4.31 Å². The Balaban J connectivity index is 1.74. The number of halogens is 1. The van der Waals surface area contributed by atoms with Crippen LogP contribution in [0.1, 0.15) is 0 Å². The van der Waals surface area contributed by atoms with Crippen LogP contribution in [0, 0.1) is 0 Å². The van der Waals surface area contributed by atoms with Gasteiger partial charge in [-0.1, -0.05) is 48.0 Å². The number of rotatable bonds is 7. The zero-order valence-electron chi connectivity index (χ0n) is 15.6. The summed E-state index contributed by atoms with van der Waals surface area (Å²) >= 11 is 6.05. The van der Waals surface area contributed by atoms with Crippen LogP contribution in [-0.4, -0.2) is 32.2 Å². The molecular formula is C21H19ClN2O4S. The molecule has 0 unspecified atom stereocenters. The van der Waals surface area contributed by atoms with Crippen LogP contribution < -0.4 is 10.1 Å². The number of carbonyl (C=O) groups is 1. The van der Waals surface area contributed by atoms with Gasteiger partial charge in [0.25, 0.3) is 0 Å². The summed E-state index contributed by atoms with van der Waals surface area (Å²) in [6.45, 7) is -0.367. The van der Waals surface area contributed by atoms with Crippen molar-refractivity contribution in [2.45, 2.75) is 4.90 Å². The first-order valence-corrected chi connectivity index (χ1v) is 10.5. The second-order valence-corrected chi connectivity index (χ2v) is 8.66. The normalized spacial score (nSPS) is 11.3. The van der Waals surface area contributed by atoms with Gasteiger partial charge in [-0.15, -0.1) is 0 Å². The van der Waals surface area contributed by atoms with Crippen molar-refractivity contribution in [1.29, 1.82) is 0 Å². The number of ether oxygens (including phenoxy) is 1. The summed E-state index contributed by atoms with van der Waals surface area (Å²) in [6.07, 6.45) is 0. The molecule has 3 aromatic rings. The van der Waals surface area contributed by atoms with Crippen LogP contribution in [0.2, 0.25) is 5.02 Å². The van der Waals surface area contributed by atoms with Crippen LogP contribution in [0.25, 0.3) is 0 Å². The lowest BCUT2D eigenvalue weighted by molar-refractivity contribution is -0.116. The van der Waals surface area contributed by atoms with Crippen molar-refractivity contribution in [3.63, 3.8) is 0 Å². The van der Waals surface area contributed by atoms with E-state index in [4.69, 9.17) is 16.3 Å². The maximum atomic E-state index is 12.6. The predicted octanol–water partition coefficient (Wildman–Crippen LogP) is 4.39. The van der Waals surface area contributed by atoms with E-state index < -0.39 is 15.9 Å². The molecule has 6 nitrogen and oxygen atoms in total. The average Bonchev–Trinajstić information content (AvgIpc) is 2.71.